The number of ether oxygens (including phenoxy) is 1. The van der Waals surface area contributed by atoms with Gasteiger partial charge in [0.15, 0.2) is 11.5 Å². The molecule has 0 aliphatic rings. The molecule has 0 amide bonds. The van der Waals surface area contributed by atoms with E-state index >= 15 is 0 Å². The molecule has 4 nitrogen and oxygen atoms in total. The van der Waals surface area contributed by atoms with E-state index in [9.17, 15) is 15.2 Å². The standard InChI is InChI=1S/C18H14ClNO3/c1-2-23-16-10-12(9-15(19)18(16)22)8-14(11-20)17(21)13-6-4-3-5-7-13/h3-10,22H,2H2,1H3. The number of phenolic OH excluding ortho intramolecular Hbond substituents is 1. The van der Waals surface area contributed by atoms with Gasteiger partial charge in [0.2, 0.25) is 5.78 Å². The van der Waals surface area contributed by atoms with Gasteiger partial charge in [-0.25, -0.2) is 0 Å². The van der Waals surface area contributed by atoms with Gasteiger partial charge in [-0.15, -0.1) is 0 Å². The Morgan fingerprint density at radius 3 is 2.65 bits per heavy atom. The molecule has 23 heavy (non-hydrogen) atoms. The number of nitrogens with zero attached hydrogens (tertiary/aromatic N) is 1. The van der Waals surface area contributed by atoms with Crippen LogP contribution in [0.5, 0.6) is 11.5 Å². The van der Waals surface area contributed by atoms with Crippen molar-refractivity contribution in [3.05, 3.63) is 64.2 Å². The second-order valence-electron chi connectivity index (χ2n) is 4.65. The first-order valence-electron chi connectivity index (χ1n) is 6.93. The van der Waals surface area contributed by atoms with E-state index in [1.165, 1.54) is 18.2 Å². The number of nitriles is 1. The highest BCUT2D eigenvalue weighted by molar-refractivity contribution is 6.32. The lowest BCUT2D eigenvalue weighted by atomic mass is 10.0. The van der Waals surface area contributed by atoms with Crippen LogP contribution in [0.1, 0.15) is 22.8 Å². The quantitative estimate of drug-likeness (QED) is 0.506. The van der Waals surface area contributed by atoms with Crippen LogP contribution in [0.4, 0.5) is 0 Å². The number of carbonyl (C=O) groups is 1. The average Bonchev–Trinajstić information content (AvgIpc) is 2.57. The van der Waals surface area contributed by atoms with E-state index in [-0.39, 0.29) is 27.9 Å². The van der Waals surface area contributed by atoms with E-state index < -0.39 is 0 Å². The minimum atomic E-state index is -0.379. The van der Waals surface area contributed by atoms with Gasteiger partial charge in [0.25, 0.3) is 0 Å². The number of ketones is 1. The number of rotatable bonds is 5. The van der Waals surface area contributed by atoms with Crippen molar-refractivity contribution < 1.29 is 14.6 Å². The fraction of sp³-hybridized carbons (Fsp3) is 0.111. The molecule has 0 radical (unpaired) electrons. The fourth-order valence-electron chi connectivity index (χ4n) is 2.00. The molecule has 1 N–H and O–H groups in total. The number of Topliss-reactive ketones (excluding diaryl/α,β-unsaturated/α-hetero) is 1. The van der Waals surface area contributed by atoms with E-state index in [0.717, 1.165) is 0 Å². The Balaban J connectivity index is 2.43. The molecule has 0 spiro atoms. The molecule has 0 unspecified atom stereocenters. The Kier molecular flexibility index (Phi) is 5.40. The van der Waals surface area contributed by atoms with Gasteiger partial charge in [0.05, 0.1) is 11.6 Å². The molecular weight excluding hydrogens is 314 g/mol. The van der Waals surface area contributed by atoms with Crippen LogP contribution in [-0.2, 0) is 0 Å². The molecule has 0 atom stereocenters. The molecule has 2 rings (SSSR count). The van der Waals surface area contributed by atoms with Crippen LogP contribution >= 0.6 is 11.6 Å². The summed E-state index contributed by atoms with van der Waals surface area (Å²) < 4.78 is 5.29. The van der Waals surface area contributed by atoms with E-state index in [0.29, 0.717) is 17.7 Å². The molecule has 2 aromatic rings. The number of allylic oxidation sites excluding steroid dienone is 1. The Hall–Kier alpha value is -2.77. The third-order valence-corrected chi connectivity index (χ3v) is 3.35. The first-order valence-corrected chi connectivity index (χ1v) is 7.31. The molecule has 0 aliphatic heterocycles. The minimum absolute atomic E-state index is 0.0274. The van der Waals surface area contributed by atoms with Crippen LogP contribution in [0.2, 0.25) is 5.02 Å². The highest BCUT2D eigenvalue weighted by atomic mass is 35.5. The Morgan fingerprint density at radius 1 is 1.35 bits per heavy atom. The van der Waals surface area contributed by atoms with Gasteiger partial charge in [-0.05, 0) is 30.7 Å². The summed E-state index contributed by atoms with van der Waals surface area (Å²) in [7, 11) is 0. The van der Waals surface area contributed by atoms with E-state index in [4.69, 9.17) is 16.3 Å². The first-order chi connectivity index (χ1) is 11.1. The number of aromatic hydroxyl groups is 1. The highest BCUT2D eigenvalue weighted by Gasteiger charge is 2.14. The third-order valence-electron chi connectivity index (χ3n) is 3.06. The van der Waals surface area contributed by atoms with Crippen molar-refractivity contribution in [1.29, 1.82) is 5.26 Å². The largest absolute Gasteiger partial charge is 0.503 e. The zero-order valence-corrected chi connectivity index (χ0v) is 13.2. The van der Waals surface area contributed by atoms with Gasteiger partial charge in [-0.1, -0.05) is 41.9 Å². The molecule has 0 heterocycles. The number of hydrogen-bond donors (Lipinski definition) is 1. The molecule has 0 aliphatic carbocycles. The summed E-state index contributed by atoms with van der Waals surface area (Å²) in [6, 6.07) is 13.4. The van der Waals surface area contributed by atoms with E-state index in [1.807, 2.05) is 6.07 Å². The van der Waals surface area contributed by atoms with Gasteiger partial charge in [-0.2, -0.15) is 5.26 Å². The Bertz CT molecular complexity index is 792. The molecule has 0 saturated carbocycles. The van der Waals surface area contributed by atoms with Crippen LogP contribution < -0.4 is 4.74 Å². The predicted octanol–water partition coefficient (Wildman–Crippen LogP) is 4.23. The van der Waals surface area contributed by atoms with Crippen LogP contribution in [0.25, 0.3) is 6.08 Å². The van der Waals surface area contributed by atoms with E-state index in [1.54, 1.807) is 37.3 Å². The lowest BCUT2D eigenvalue weighted by Gasteiger charge is -2.08. The minimum Gasteiger partial charge on any atom is -0.503 e. The van der Waals surface area contributed by atoms with Gasteiger partial charge in [0, 0.05) is 5.56 Å². The van der Waals surface area contributed by atoms with Crippen molar-refractivity contribution in [2.75, 3.05) is 6.61 Å². The second kappa shape index (κ2) is 7.48. The SMILES string of the molecule is CCOc1cc(C=C(C#N)C(=O)c2ccccc2)cc(Cl)c1O. The van der Waals surface area contributed by atoms with Crippen molar-refractivity contribution in [2.24, 2.45) is 0 Å². The second-order valence-corrected chi connectivity index (χ2v) is 5.05. The monoisotopic (exact) mass is 327 g/mol. The van der Waals surface area contributed by atoms with E-state index in [2.05, 4.69) is 0 Å². The highest BCUT2D eigenvalue weighted by Crippen LogP contribution is 2.35. The summed E-state index contributed by atoms with van der Waals surface area (Å²) in [5.41, 5.74) is 0.896. The Morgan fingerprint density at radius 2 is 2.04 bits per heavy atom. The lowest BCUT2D eigenvalue weighted by molar-refractivity contribution is 0.104. The molecule has 0 fully saturated rings. The van der Waals surface area contributed by atoms with Crippen molar-refractivity contribution >= 4 is 23.5 Å². The summed E-state index contributed by atoms with van der Waals surface area (Å²) in [4.78, 5) is 12.3. The number of benzene rings is 2. The van der Waals surface area contributed by atoms with Gasteiger partial charge in [0.1, 0.15) is 11.6 Å². The normalized spacial score (nSPS) is 10.9. The number of hydrogen-bond acceptors (Lipinski definition) is 4. The smallest absolute Gasteiger partial charge is 0.203 e. The predicted molar refractivity (Wildman–Crippen MR) is 88.6 cm³/mol. The molecule has 0 saturated heterocycles. The zero-order valence-electron chi connectivity index (χ0n) is 12.4. The summed E-state index contributed by atoms with van der Waals surface area (Å²) in [6.45, 7) is 2.13. The molecular formula is C18H14ClNO3. The zero-order chi connectivity index (χ0) is 16.8. The maximum atomic E-state index is 12.3. The molecule has 116 valence electrons. The van der Waals surface area contributed by atoms with Crippen LogP contribution in [0, 0.1) is 11.3 Å². The lowest BCUT2D eigenvalue weighted by Crippen LogP contribution is -2.01. The van der Waals surface area contributed by atoms with Crippen molar-refractivity contribution in [2.45, 2.75) is 6.92 Å². The Labute approximate surface area is 139 Å². The van der Waals surface area contributed by atoms with Gasteiger partial charge in [-0.3, -0.25) is 4.79 Å². The van der Waals surface area contributed by atoms with Crippen LogP contribution in [-0.4, -0.2) is 17.5 Å². The topological polar surface area (TPSA) is 70.3 Å². The number of carbonyl (C=O) groups excluding carboxylic acids is 1. The maximum absolute atomic E-state index is 12.3. The first kappa shape index (κ1) is 16.6. The number of phenols is 1. The molecule has 5 heteroatoms. The summed E-state index contributed by atoms with van der Waals surface area (Å²) in [6.07, 6.45) is 1.42. The van der Waals surface area contributed by atoms with Crippen molar-refractivity contribution in [3.63, 3.8) is 0 Å². The molecule has 0 aromatic heterocycles. The summed E-state index contributed by atoms with van der Waals surface area (Å²) in [5.74, 6) is -0.343. The fourth-order valence-corrected chi connectivity index (χ4v) is 2.22. The third kappa shape index (κ3) is 3.91. The molecule has 2 aromatic carbocycles. The van der Waals surface area contributed by atoms with Crippen molar-refractivity contribution in [1.82, 2.24) is 0 Å². The van der Waals surface area contributed by atoms with Crippen LogP contribution in [0.15, 0.2) is 48.0 Å². The summed E-state index contributed by atoms with van der Waals surface area (Å²) >= 11 is 5.95. The van der Waals surface area contributed by atoms with Gasteiger partial charge >= 0.3 is 0 Å². The average molecular weight is 328 g/mol. The van der Waals surface area contributed by atoms with Crippen molar-refractivity contribution in [3.8, 4) is 17.6 Å². The maximum Gasteiger partial charge on any atom is 0.203 e. The summed E-state index contributed by atoms with van der Waals surface area (Å²) in [5, 5.41) is 19.2. The van der Waals surface area contributed by atoms with Crippen LogP contribution in [0.3, 0.4) is 0 Å². The molecule has 0 bridgehead atoms. The number of halogens is 1. The van der Waals surface area contributed by atoms with Gasteiger partial charge < -0.3 is 9.84 Å².